The zero-order valence-electron chi connectivity index (χ0n) is 25.6. The lowest BCUT2D eigenvalue weighted by Gasteiger charge is -2.25. The van der Waals surface area contributed by atoms with Gasteiger partial charge in [-0.25, -0.2) is 0 Å². The summed E-state index contributed by atoms with van der Waals surface area (Å²) >= 11 is 0. The first-order valence-electron chi connectivity index (χ1n) is 15.7. The van der Waals surface area contributed by atoms with Crippen LogP contribution in [0.25, 0.3) is 76.9 Å². The van der Waals surface area contributed by atoms with Crippen molar-refractivity contribution in [2.75, 3.05) is 0 Å². The SMILES string of the molecule is Cc1c(C)c(-c2ccc3ccccc3c2)c(-n2c3ccccc3c3ccccc32)c(-n2c3ccccc3c3ccccc32)c1C#N. The van der Waals surface area contributed by atoms with Crippen LogP contribution >= 0.6 is 0 Å². The highest BCUT2D eigenvalue weighted by Crippen LogP contribution is 2.46. The van der Waals surface area contributed by atoms with E-state index in [0.29, 0.717) is 5.56 Å². The minimum Gasteiger partial charge on any atom is -0.307 e. The van der Waals surface area contributed by atoms with E-state index < -0.39 is 0 Å². The Hall–Kier alpha value is -6.11. The second kappa shape index (κ2) is 9.95. The van der Waals surface area contributed by atoms with E-state index in [-0.39, 0.29) is 0 Å². The molecule has 2 heterocycles. The highest BCUT2D eigenvalue weighted by molar-refractivity contribution is 6.13. The van der Waals surface area contributed by atoms with E-state index in [1.165, 1.54) is 32.3 Å². The summed E-state index contributed by atoms with van der Waals surface area (Å²) in [6.07, 6.45) is 0. The molecule has 0 bridgehead atoms. The fourth-order valence-electron chi connectivity index (χ4n) is 7.56. The summed E-state index contributed by atoms with van der Waals surface area (Å²) in [5, 5.41) is 18.1. The molecule has 46 heavy (non-hydrogen) atoms. The molecule has 216 valence electrons. The van der Waals surface area contributed by atoms with Crippen LogP contribution in [-0.4, -0.2) is 9.13 Å². The maximum Gasteiger partial charge on any atom is 0.102 e. The lowest BCUT2D eigenvalue weighted by Crippen LogP contribution is -2.11. The molecule has 0 spiro atoms. The number of nitriles is 1. The lowest BCUT2D eigenvalue weighted by molar-refractivity contribution is 1.07. The van der Waals surface area contributed by atoms with Crippen LogP contribution < -0.4 is 0 Å². The number of hydrogen-bond donors (Lipinski definition) is 0. The maximum atomic E-state index is 11.0. The van der Waals surface area contributed by atoms with E-state index in [1.807, 2.05) is 0 Å². The molecule has 0 fully saturated rings. The first-order valence-corrected chi connectivity index (χ1v) is 15.7. The normalized spacial score (nSPS) is 11.7. The topological polar surface area (TPSA) is 33.6 Å². The first-order chi connectivity index (χ1) is 22.7. The molecule has 3 heteroatoms. The van der Waals surface area contributed by atoms with Crippen molar-refractivity contribution in [3.05, 3.63) is 156 Å². The predicted octanol–water partition coefficient (Wildman–Crippen LogP) is 11.2. The van der Waals surface area contributed by atoms with E-state index in [2.05, 4.69) is 169 Å². The van der Waals surface area contributed by atoms with Gasteiger partial charge < -0.3 is 9.13 Å². The Morgan fingerprint density at radius 3 is 1.39 bits per heavy atom. The van der Waals surface area contributed by atoms with Crippen LogP contribution in [0, 0.1) is 25.2 Å². The summed E-state index contributed by atoms with van der Waals surface area (Å²) in [5.74, 6) is 0. The molecule has 0 aliphatic heterocycles. The minimum atomic E-state index is 0.686. The standard InChI is InChI=1S/C43H29N3/c1-27-28(2)41(31-24-23-29-13-3-4-14-30(29)25-31)43(46-39-21-11-7-17-34(39)35-18-8-12-22-40(35)46)42(36(27)26-44)45-37-19-9-5-15-32(37)33-16-6-10-20-38(33)45/h3-25H,1-2H3. The van der Waals surface area contributed by atoms with Gasteiger partial charge in [0.1, 0.15) is 6.07 Å². The van der Waals surface area contributed by atoms with E-state index in [1.54, 1.807) is 0 Å². The van der Waals surface area contributed by atoms with E-state index in [9.17, 15) is 5.26 Å². The number of hydrogen-bond acceptors (Lipinski definition) is 1. The largest absolute Gasteiger partial charge is 0.307 e. The fraction of sp³-hybridized carbons (Fsp3) is 0.0465. The third-order valence-corrected chi connectivity index (χ3v) is 9.77. The Morgan fingerprint density at radius 1 is 0.457 bits per heavy atom. The molecular formula is C43H29N3. The molecular weight excluding hydrogens is 558 g/mol. The number of nitrogens with zero attached hydrogens (tertiary/aromatic N) is 3. The Morgan fingerprint density at radius 2 is 0.891 bits per heavy atom. The van der Waals surface area contributed by atoms with Crippen molar-refractivity contribution in [1.82, 2.24) is 9.13 Å². The van der Waals surface area contributed by atoms with Crippen molar-refractivity contribution in [3.63, 3.8) is 0 Å². The van der Waals surface area contributed by atoms with Crippen LogP contribution in [0.2, 0.25) is 0 Å². The van der Waals surface area contributed by atoms with Crippen molar-refractivity contribution in [1.29, 1.82) is 5.26 Å². The molecule has 0 atom stereocenters. The number of fused-ring (bicyclic) bond motifs is 7. The average Bonchev–Trinajstić information content (AvgIpc) is 3.62. The zero-order chi connectivity index (χ0) is 30.9. The molecule has 0 aliphatic carbocycles. The Kier molecular flexibility index (Phi) is 5.69. The number of aromatic nitrogens is 2. The van der Waals surface area contributed by atoms with Gasteiger partial charge in [-0.1, -0.05) is 109 Å². The number of benzene rings is 7. The van der Waals surface area contributed by atoms with Crippen LogP contribution in [0.3, 0.4) is 0 Å². The molecule has 2 aromatic heterocycles. The van der Waals surface area contributed by atoms with Gasteiger partial charge in [0, 0.05) is 27.1 Å². The molecule has 0 aliphatic rings. The third kappa shape index (κ3) is 3.59. The summed E-state index contributed by atoms with van der Waals surface area (Å²) in [6.45, 7) is 4.28. The molecule has 9 rings (SSSR count). The fourth-order valence-corrected chi connectivity index (χ4v) is 7.56. The smallest absolute Gasteiger partial charge is 0.102 e. The van der Waals surface area contributed by atoms with Gasteiger partial charge in [-0.15, -0.1) is 0 Å². The average molecular weight is 588 g/mol. The van der Waals surface area contributed by atoms with Gasteiger partial charge in [0.15, 0.2) is 0 Å². The second-order valence-corrected chi connectivity index (χ2v) is 12.1. The minimum absolute atomic E-state index is 0.686. The summed E-state index contributed by atoms with van der Waals surface area (Å²) in [6, 6.07) is 52.3. The molecule has 0 radical (unpaired) electrons. The first kappa shape index (κ1) is 26.3. The van der Waals surface area contributed by atoms with Crippen LogP contribution in [0.5, 0.6) is 0 Å². The summed E-state index contributed by atoms with van der Waals surface area (Å²) in [7, 11) is 0. The molecule has 0 amide bonds. The highest BCUT2D eigenvalue weighted by Gasteiger charge is 2.28. The van der Waals surface area contributed by atoms with E-state index in [4.69, 9.17) is 0 Å². The van der Waals surface area contributed by atoms with Crippen molar-refractivity contribution >= 4 is 54.4 Å². The molecule has 0 saturated carbocycles. The Balaban J connectivity index is 1.58. The van der Waals surface area contributed by atoms with E-state index in [0.717, 1.165) is 55.7 Å². The van der Waals surface area contributed by atoms with E-state index >= 15 is 0 Å². The van der Waals surface area contributed by atoms with Gasteiger partial charge in [0.05, 0.1) is 39.0 Å². The van der Waals surface area contributed by atoms with Crippen molar-refractivity contribution in [3.8, 4) is 28.6 Å². The second-order valence-electron chi connectivity index (χ2n) is 12.1. The van der Waals surface area contributed by atoms with Crippen molar-refractivity contribution < 1.29 is 0 Å². The molecule has 0 unspecified atom stereocenters. The predicted molar refractivity (Wildman–Crippen MR) is 192 cm³/mol. The number of para-hydroxylation sites is 4. The molecule has 9 aromatic rings. The van der Waals surface area contributed by atoms with Crippen molar-refractivity contribution in [2.24, 2.45) is 0 Å². The molecule has 0 N–H and O–H groups in total. The molecule has 7 aromatic carbocycles. The number of rotatable bonds is 3. The highest BCUT2D eigenvalue weighted by atomic mass is 15.1. The van der Waals surface area contributed by atoms with Crippen LogP contribution in [0.4, 0.5) is 0 Å². The van der Waals surface area contributed by atoms with Gasteiger partial charge in [0.25, 0.3) is 0 Å². The van der Waals surface area contributed by atoms with Crippen LogP contribution in [0.1, 0.15) is 16.7 Å². The van der Waals surface area contributed by atoms with Gasteiger partial charge >= 0.3 is 0 Å². The maximum absolute atomic E-state index is 11.0. The quantitative estimate of drug-likeness (QED) is 0.202. The van der Waals surface area contributed by atoms with Crippen molar-refractivity contribution in [2.45, 2.75) is 13.8 Å². The molecule has 3 nitrogen and oxygen atoms in total. The molecule has 0 saturated heterocycles. The Bertz CT molecular complexity index is 2620. The monoisotopic (exact) mass is 587 g/mol. The summed E-state index contributed by atoms with van der Waals surface area (Å²) in [5.41, 5.74) is 11.3. The zero-order valence-corrected chi connectivity index (χ0v) is 25.6. The summed E-state index contributed by atoms with van der Waals surface area (Å²) in [4.78, 5) is 0. The van der Waals surface area contributed by atoms with Gasteiger partial charge in [-0.2, -0.15) is 5.26 Å². The lowest BCUT2D eigenvalue weighted by atomic mass is 9.89. The van der Waals surface area contributed by atoms with Gasteiger partial charge in [-0.05, 0) is 71.6 Å². The third-order valence-electron chi connectivity index (χ3n) is 9.77. The van der Waals surface area contributed by atoms with Crippen LogP contribution in [0.15, 0.2) is 140 Å². The Labute approximate surface area is 266 Å². The van der Waals surface area contributed by atoms with Gasteiger partial charge in [0.2, 0.25) is 0 Å². The summed E-state index contributed by atoms with van der Waals surface area (Å²) < 4.78 is 4.74. The van der Waals surface area contributed by atoms with Gasteiger partial charge in [-0.3, -0.25) is 0 Å². The van der Waals surface area contributed by atoms with Crippen LogP contribution in [-0.2, 0) is 0 Å².